The van der Waals surface area contributed by atoms with Crippen molar-refractivity contribution in [2.75, 3.05) is 7.05 Å². The molecule has 0 bridgehead atoms. The van der Waals surface area contributed by atoms with Crippen molar-refractivity contribution in [3.63, 3.8) is 0 Å². The fraction of sp³-hybridized carbons (Fsp3) is 0.0476. The maximum Gasteiger partial charge on any atom is 0.337 e. The molecule has 3 heterocycles. The highest BCUT2D eigenvalue weighted by atomic mass is 35.5. The standard InChI is InChI=1S/C21H13ClFN3O4/c1-24-19(27)16-15-7-14(11-6-12(21(28)29)9-25-8-11)18(22)26-20(15)30-17(16)10-2-4-13(23)5-3-10/h2-9H,1H3,(H,24,27)(H,28,29). The van der Waals surface area contributed by atoms with Crippen LogP contribution >= 0.6 is 11.6 Å². The van der Waals surface area contributed by atoms with E-state index in [0.717, 1.165) is 0 Å². The van der Waals surface area contributed by atoms with Gasteiger partial charge in [-0.2, -0.15) is 0 Å². The Labute approximate surface area is 174 Å². The van der Waals surface area contributed by atoms with Crippen molar-refractivity contribution in [3.8, 4) is 22.5 Å². The van der Waals surface area contributed by atoms with E-state index in [9.17, 15) is 19.1 Å². The number of hydrogen-bond acceptors (Lipinski definition) is 5. The summed E-state index contributed by atoms with van der Waals surface area (Å²) < 4.78 is 19.1. The molecule has 7 nitrogen and oxygen atoms in total. The van der Waals surface area contributed by atoms with Crippen molar-refractivity contribution in [3.05, 3.63) is 70.9 Å². The number of benzene rings is 1. The van der Waals surface area contributed by atoms with E-state index in [4.69, 9.17) is 16.0 Å². The first-order chi connectivity index (χ1) is 14.4. The van der Waals surface area contributed by atoms with Crippen LogP contribution in [0, 0.1) is 5.82 Å². The molecule has 30 heavy (non-hydrogen) atoms. The van der Waals surface area contributed by atoms with Gasteiger partial charge in [0.25, 0.3) is 5.91 Å². The summed E-state index contributed by atoms with van der Waals surface area (Å²) in [5.74, 6) is -1.78. The zero-order chi connectivity index (χ0) is 21.4. The van der Waals surface area contributed by atoms with Crippen LogP contribution in [0.2, 0.25) is 5.15 Å². The van der Waals surface area contributed by atoms with Gasteiger partial charge in [0.05, 0.1) is 16.5 Å². The van der Waals surface area contributed by atoms with Gasteiger partial charge in [0, 0.05) is 36.1 Å². The Morgan fingerprint density at radius 1 is 1.13 bits per heavy atom. The molecule has 0 spiro atoms. The van der Waals surface area contributed by atoms with Crippen LogP contribution in [0.1, 0.15) is 20.7 Å². The minimum Gasteiger partial charge on any atom is -0.478 e. The number of halogens is 2. The summed E-state index contributed by atoms with van der Waals surface area (Å²) in [4.78, 5) is 32.1. The lowest BCUT2D eigenvalue weighted by Crippen LogP contribution is -2.18. The van der Waals surface area contributed by atoms with Crippen molar-refractivity contribution < 1.29 is 23.5 Å². The van der Waals surface area contributed by atoms with Crippen LogP contribution in [0.5, 0.6) is 0 Å². The minimum atomic E-state index is -1.14. The Balaban J connectivity index is 1.97. The first kappa shape index (κ1) is 19.5. The third kappa shape index (κ3) is 3.37. The van der Waals surface area contributed by atoms with Crippen molar-refractivity contribution in [1.82, 2.24) is 15.3 Å². The topological polar surface area (TPSA) is 105 Å². The van der Waals surface area contributed by atoms with Gasteiger partial charge in [0.2, 0.25) is 5.71 Å². The van der Waals surface area contributed by atoms with Gasteiger partial charge in [0.1, 0.15) is 16.7 Å². The predicted octanol–water partition coefficient (Wildman–Crippen LogP) is 4.41. The molecule has 0 saturated heterocycles. The number of furan rings is 1. The van der Waals surface area contributed by atoms with Crippen molar-refractivity contribution in [2.45, 2.75) is 0 Å². The molecule has 0 saturated carbocycles. The van der Waals surface area contributed by atoms with E-state index < -0.39 is 17.7 Å². The smallest absolute Gasteiger partial charge is 0.337 e. The Kier molecular flexibility index (Phi) is 4.93. The lowest BCUT2D eigenvalue weighted by atomic mass is 10.0. The number of nitrogens with one attached hydrogen (secondary N) is 1. The third-order valence-electron chi connectivity index (χ3n) is 4.49. The van der Waals surface area contributed by atoms with E-state index in [2.05, 4.69) is 15.3 Å². The molecule has 0 aliphatic heterocycles. The molecule has 1 aromatic carbocycles. The molecule has 4 rings (SSSR count). The number of amides is 1. The summed E-state index contributed by atoms with van der Waals surface area (Å²) in [5.41, 5.74) is 1.59. The van der Waals surface area contributed by atoms with Gasteiger partial charge in [-0.05, 0) is 36.4 Å². The molecule has 4 aromatic rings. The summed E-state index contributed by atoms with van der Waals surface area (Å²) in [7, 11) is 1.47. The highest BCUT2D eigenvalue weighted by Crippen LogP contribution is 2.37. The molecule has 3 aromatic heterocycles. The summed E-state index contributed by atoms with van der Waals surface area (Å²) in [5, 5.41) is 12.2. The molecule has 9 heteroatoms. The molecule has 0 radical (unpaired) electrons. The molecule has 1 amide bonds. The van der Waals surface area contributed by atoms with Crippen molar-refractivity contribution in [2.24, 2.45) is 0 Å². The summed E-state index contributed by atoms with van der Waals surface area (Å²) in [6.07, 6.45) is 2.66. The second-order valence-corrected chi connectivity index (χ2v) is 6.70. The van der Waals surface area contributed by atoms with Crippen LogP contribution in [0.3, 0.4) is 0 Å². The number of carbonyl (C=O) groups is 2. The molecule has 0 atom stereocenters. The van der Waals surface area contributed by atoms with Gasteiger partial charge in [-0.25, -0.2) is 14.2 Å². The summed E-state index contributed by atoms with van der Waals surface area (Å²) in [6.45, 7) is 0. The number of carbonyl (C=O) groups excluding carboxylic acids is 1. The number of aromatic nitrogens is 2. The van der Waals surface area contributed by atoms with E-state index in [1.165, 1.54) is 49.8 Å². The Hall–Kier alpha value is -3.78. The number of pyridine rings is 2. The SMILES string of the molecule is CNC(=O)c1c(-c2ccc(F)cc2)oc2nc(Cl)c(-c3cncc(C(=O)O)c3)cc12. The number of rotatable bonds is 4. The quantitative estimate of drug-likeness (QED) is 0.469. The van der Waals surface area contributed by atoms with Gasteiger partial charge in [-0.15, -0.1) is 0 Å². The maximum atomic E-state index is 13.3. The molecule has 150 valence electrons. The number of carboxylic acids is 1. The van der Waals surface area contributed by atoms with Crippen molar-refractivity contribution >= 4 is 34.6 Å². The minimum absolute atomic E-state index is 0.0191. The lowest BCUT2D eigenvalue weighted by Gasteiger charge is -2.06. The number of hydrogen-bond donors (Lipinski definition) is 2. The lowest BCUT2D eigenvalue weighted by molar-refractivity contribution is 0.0696. The maximum absolute atomic E-state index is 13.3. The van der Waals surface area contributed by atoms with E-state index in [1.54, 1.807) is 6.07 Å². The van der Waals surface area contributed by atoms with Gasteiger partial charge in [-0.3, -0.25) is 9.78 Å². The number of aromatic carboxylic acids is 1. The highest BCUT2D eigenvalue weighted by molar-refractivity contribution is 6.32. The van der Waals surface area contributed by atoms with Crippen LogP contribution in [0.15, 0.2) is 53.2 Å². The Bertz CT molecular complexity index is 1300. The number of carboxylic acid groups (broad SMARTS) is 1. The first-order valence-electron chi connectivity index (χ1n) is 8.69. The fourth-order valence-corrected chi connectivity index (χ4v) is 3.30. The molecular formula is C21H13ClFN3O4. The highest BCUT2D eigenvalue weighted by Gasteiger charge is 2.24. The van der Waals surface area contributed by atoms with E-state index in [-0.39, 0.29) is 27.8 Å². The predicted molar refractivity (Wildman–Crippen MR) is 108 cm³/mol. The molecular weight excluding hydrogens is 413 g/mol. The molecule has 0 fully saturated rings. The van der Waals surface area contributed by atoms with E-state index in [1.807, 2.05) is 0 Å². The average molecular weight is 426 g/mol. The van der Waals surface area contributed by atoms with Gasteiger partial charge >= 0.3 is 5.97 Å². The van der Waals surface area contributed by atoms with Crippen LogP contribution in [-0.2, 0) is 0 Å². The average Bonchev–Trinajstić information content (AvgIpc) is 3.11. The number of fused-ring (bicyclic) bond motifs is 1. The summed E-state index contributed by atoms with van der Waals surface area (Å²) >= 11 is 6.32. The fourth-order valence-electron chi connectivity index (χ4n) is 3.06. The third-order valence-corrected chi connectivity index (χ3v) is 4.78. The van der Waals surface area contributed by atoms with Gasteiger partial charge in [0.15, 0.2) is 0 Å². The number of nitrogens with zero attached hydrogens (tertiary/aromatic N) is 2. The molecule has 0 aliphatic carbocycles. The Morgan fingerprint density at radius 3 is 2.53 bits per heavy atom. The van der Waals surface area contributed by atoms with Crippen LogP contribution in [-0.4, -0.2) is 34.0 Å². The molecule has 2 N–H and O–H groups in total. The van der Waals surface area contributed by atoms with Crippen molar-refractivity contribution in [1.29, 1.82) is 0 Å². The Morgan fingerprint density at radius 2 is 1.87 bits per heavy atom. The molecule has 0 unspecified atom stereocenters. The zero-order valence-electron chi connectivity index (χ0n) is 15.4. The van der Waals surface area contributed by atoms with Crippen LogP contribution < -0.4 is 5.32 Å². The second kappa shape index (κ2) is 7.57. The first-order valence-corrected chi connectivity index (χ1v) is 9.06. The summed E-state index contributed by atoms with van der Waals surface area (Å²) in [6, 6.07) is 8.49. The monoisotopic (exact) mass is 425 g/mol. The largest absolute Gasteiger partial charge is 0.478 e. The van der Waals surface area contributed by atoms with E-state index >= 15 is 0 Å². The van der Waals surface area contributed by atoms with Gasteiger partial charge in [-0.1, -0.05) is 11.6 Å². The second-order valence-electron chi connectivity index (χ2n) is 6.34. The van der Waals surface area contributed by atoms with Crippen LogP contribution in [0.4, 0.5) is 4.39 Å². The van der Waals surface area contributed by atoms with Gasteiger partial charge < -0.3 is 14.8 Å². The molecule has 0 aliphatic rings. The van der Waals surface area contributed by atoms with E-state index in [0.29, 0.717) is 22.1 Å². The van der Waals surface area contributed by atoms with Crippen LogP contribution in [0.25, 0.3) is 33.6 Å². The zero-order valence-corrected chi connectivity index (χ0v) is 16.2. The normalized spacial score (nSPS) is 10.9.